The number of benzene rings is 1. The number of thiazole rings is 1. The number of carbonyl (C=O) groups is 1. The maximum atomic E-state index is 11.9. The number of hydrogen-bond donors (Lipinski definition) is 1. The summed E-state index contributed by atoms with van der Waals surface area (Å²) in [5.74, 6) is 0.307. The summed E-state index contributed by atoms with van der Waals surface area (Å²) in [6, 6.07) is 5.87. The molecule has 10 nitrogen and oxygen atoms in total. The van der Waals surface area contributed by atoms with E-state index in [9.17, 15) is 14.4 Å². The zero-order valence-electron chi connectivity index (χ0n) is 15.4. The van der Waals surface area contributed by atoms with Gasteiger partial charge in [0.05, 0.1) is 29.2 Å². The van der Waals surface area contributed by atoms with Crippen LogP contribution in [0.5, 0.6) is 5.75 Å². The Kier molecular flexibility index (Phi) is 5.27. The predicted molar refractivity (Wildman–Crippen MR) is 106 cm³/mol. The normalized spacial score (nSPS) is 10.7. The van der Waals surface area contributed by atoms with E-state index in [2.05, 4.69) is 9.97 Å². The maximum absolute atomic E-state index is 11.9. The number of ether oxygens (including phenoxy) is 1. The molecule has 0 saturated heterocycles. The molecule has 0 radical (unpaired) electrons. The minimum atomic E-state index is -0.583. The number of fused-ring (bicyclic) bond motifs is 2. The van der Waals surface area contributed by atoms with Crippen LogP contribution >= 0.6 is 11.3 Å². The zero-order valence-corrected chi connectivity index (χ0v) is 16.3. The lowest BCUT2D eigenvalue weighted by Crippen LogP contribution is -2.37. The molecule has 3 aromatic heterocycles. The van der Waals surface area contributed by atoms with Crippen molar-refractivity contribution >= 4 is 38.6 Å². The first-order valence-corrected chi connectivity index (χ1v) is 8.97. The van der Waals surface area contributed by atoms with Gasteiger partial charge in [0, 0.05) is 14.1 Å². The number of rotatable bonds is 3. The van der Waals surface area contributed by atoms with Gasteiger partial charge in [-0.1, -0.05) is 0 Å². The number of nitrogens with zero attached hydrogens (tertiary/aromatic N) is 5. The third kappa shape index (κ3) is 3.51. The Hall–Kier alpha value is -3.47. The summed E-state index contributed by atoms with van der Waals surface area (Å²) >= 11 is 1.63. The Morgan fingerprint density at radius 1 is 1.21 bits per heavy atom. The molecule has 0 unspecified atom stereocenters. The quantitative estimate of drug-likeness (QED) is 0.522. The van der Waals surface area contributed by atoms with E-state index in [1.54, 1.807) is 18.4 Å². The molecule has 0 bridgehead atoms. The average molecular weight is 402 g/mol. The number of hydrogen-bond acceptors (Lipinski definition) is 7. The van der Waals surface area contributed by atoms with E-state index in [1.165, 1.54) is 34.3 Å². The second-order valence-electron chi connectivity index (χ2n) is 5.90. The van der Waals surface area contributed by atoms with E-state index in [1.807, 2.05) is 23.7 Å². The van der Waals surface area contributed by atoms with Gasteiger partial charge < -0.3 is 15.0 Å². The Balaban J connectivity index is 0.000000176. The fourth-order valence-electron chi connectivity index (χ4n) is 2.65. The van der Waals surface area contributed by atoms with Crippen LogP contribution in [-0.2, 0) is 25.4 Å². The molecule has 0 fully saturated rings. The third-order valence-corrected chi connectivity index (χ3v) is 4.87. The highest BCUT2D eigenvalue weighted by Gasteiger charge is 2.14. The molecule has 3 heterocycles. The van der Waals surface area contributed by atoms with Gasteiger partial charge in [0.1, 0.15) is 12.3 Å². The number of methoxy groups -OCH3 is 1. The number of amides is 1. The summed E-state index contributed by atoms with van der Waals surface area (Å²) in [7, 11) is 4.54. The maximum Gasteiger partial charge on any atom is 0.332 e. The van der Waals surface area contributed by atoms with Gasteiger partial charge in [0.15, 0.2) is 11.2 Å². The Bertz CT molecular complexity index is 1280. The molecule has 4 rings (SSSR count). The van der Waals surface area contributed by atoms with Crippen molar-refractivity contribution in [2.24, 2.45) is 19.8 Å². The van der Waals surface area contributed by atoms with Crippen LogP contribution in [0.15, 0.2) is 39.6 Å². The molecule has 11 heteroatoms. The molecule has 2 N–H and O–H groups in total. The van der Waals surface area contributed by atoms with Crippen molar-refractivity contribution in [2.75, 3.05) is 7.11 Å². The summed E-state index contributed by atoms with van der Waals surface area (Å²) in [6.45, 7) is -0.149. The molecule has 4 aromatic rings. The van der Waals surface area contributed by atoms with Gasteiger partial charge in [-0.25, -0.2) is 14.8 Å². The number of carbonyl (C=O) groups excluding carboxylic acids is 1. The van der Waals surface area contributed by atoms with Crippen molar-refractivity contribution in [2.45, 2.75) is 6.54 Å². The van der Waals surface area contributed by atoms with Gasteiger partial charge >= 0.3 is 5.69 Å². The molecular formula is C17H18N6O4S. The highest BCUT2D eigenvalue weighted by Crippen LogP contribution is 2.22. The standard InChI is InChI=1S/C9H11N5O3.C8H7NOS/c1-12-7-6(8(16)13(2)9(12)17)14(4-11-7)3-5(10)15;1-10-6-2-3-7-8(4-6)11-5-9-7/h4H,3H2,1-2H3,(H2,10,15);2-5H,1H3. The van der Waals surface area contributed by atoms with Crippen LogP contribution in [0.2, 0.25) is 0 Å². The van der Waals surface area contributed by atoms with Crippen LogP contribution in [0.1, 0.15) is 0 Å². The number of aryl methyl sites for hydroxylation is 1. The lowest BCUT2D eigenvalue weighted by molar-refractivity contribution is -0.118. The molecular weight excluding hydrogens is 384 g/mol. The van der Waals surface area contributed by atoms with Crippen LogP contribution in [0.3, 0.4) is 0 Å². The molecule has 1 aromatic carbocycles. The minimum absolute atomic E-state index is 0.149. The first kappa shape index (κ1) is 19.3. The topological polar surface area (TPSA) is 127 Å². The van der Waals surface area contributed by atoms with Crippen molar-refractivity contribution < 1.29 is 9.53 Å². The molecule has 1 amide bonds. The number of imidazole rings is 1. The second kappa shape index (κ2) is 7.64. The van der Waals surface area contributed by atoms with Gasteiger partial charge in [-0.2, -0.15) is 0 Å². The molecule has 0 saturated carbocycles. The Morgan fingerprint density at radius 2 is 1.96 bits per heavy atom. The highest BCUT2D eigenvalue weighted by molar-refractivity contribution is 7.16. The van der Waals surface area contributed by atoms with Gasteiger partial charge in [-0.15, -0.1) is 11.3 Å². The van der Waals surface area contributed by atoms with Gasteiger partial charge in [0.25, 0.3) is 5.56 Å². The molecule has 0 aliphatic rings. The number of nitrogens with two attached hydrogens (primary N) is 1. The summed E-state index contributed by atoms with van der Waals surface area (Å²) in [6.07, 6.45) is 1.32. The first-order chi connectivity index (χ1) is 13.3. The Labute approximate surface area is 162 Å². The van der Waals surface area contributed by atoms with Crippen molar-refractivity contribution in [3.8, 4) is 5.75 Å². The molecule has 146 valence electrons. The zero-order chi connectivity index (χ0) is 20.4. The lowest BCUT2D eigenvalue weighted by atomic mass is 10.3. The fraction of sp³-hybridized carbons (Fsp3) is 0.235. The van der Waals surface area contributed by atoms with Crippen molar-refractivity contribution in [1.82, 2.24) is 23.7 Å². The van der Waals surface area contributed by atoms with Crippen molar-refractivity contribution in [3.05, 3.63) is 50.9 Å². The van der Waals surface area contributed by atoms with Crippen molar-refractivity contribution in [1.29, 1.82) is 0 Å². The van der Waals surface area contributed by atoms with E-state index in [0.29, 0.717) is 0 Å². The van der Waals surface area contributed by atoms with Crippen LogP contribution in [0.4, 0.5) is 0 Å². The molecule has 0 spiro atoms. The van der Waals surface area contributed by atoms with E-state index < -0.39 is 17.2 Å². The van der Waals surface area contributed by atoms with Gasteiger partial charge in [0.2, 0.25) is 5.91 Å². The summed E-state index contributed by atoms with van der Waals surface area (Å²) < 4.78 is 9.78. The molecule has 28 heavy (non-hydrogen) atoms. The van der Waals surface area contributed by atoms with Gasteiger partial charge in [-0.05, 0) is 18.2 Å². The second-order valence-corrected chi connectivity index (χ2v) is 6.79. The number of primary amides is 1. The largest absolute Gasteiger partial charge is 0.497 e. The fourth-order valence-corrected chi connectivity index (χ4v) is 3.35. The summed E-state index contributed by atoms with van der Waals surface area (Å²) in [5.41, 5.74) is 7.40. The lowest BCUT2D eigenvalue weighted by Gasteiger charge is -2.04. The first-order valence-electron chi connectivity index (χ1n) is 8.10. The van der Waals surface area contributed by atoms with E-state index in [-0.39, 0.29) is 17.7 Å². The third-order valence-electron chi connectivity index (χ3n) is 4.08. The minimum Gasteiger partial charge on any atom is -0.497 e. The van der Waals surface area contributed by atoms with E-state index >= 15 is 0 Å². The molecule has 0 atom stereocenters. The Morgan fingerprint density at radius 3 is 2.64 bits per heavy atom. The molecule has 0 aliphatic heterocycles. The predicted octanol–water partition coefficient (Wildman–Crippen LogP) is 0.224. The summed E-state index contributed by atoms with van der Waals surface area (Å²) in [4.78, 5) is 42.5. The van der Waals surface area contributed by atoms with Crippen LogP contribution in [-0.4, -0.2) is 36.7 Å². The van der Waals surface area contributed by atoms with Crippen LogP contribution < -0.4 is 21.7 Å². The van der Waals surface area contributed by atoms with Crippen LogP contribution in [0, 0.1) is 0 Å². The van der Waals surface area contributed by atoms with Crippen molar-refractivity contribution in [3.63, 3.8) is 0 Å². The monoisotopic (exact) mass is 402 g/mol. The smallest absolute Gasteiger partial charge is 0.332 e. The van der Waals surface area contributed by atoms with E-state index in [4.69, 9.17) is 10.5 Å². The SMILES string of the molecule is COc1ccc2ncsc2c1.Cn1c(=O)c2c(ncn2CC(N)=O)n(C)c1=O. The highest BCUT2D eigenvalue weighted by atomic mass is 32.1. The number of aromatic nitrogens is 5. The summed E-state index contributed by atoms with van der Waals surface area (Å²) in [5, 5.41) is 0. The van der Waals surface area contributed by atoms with Crippen LogP contribution in [0.25, 0.3) is 21.4 Å². The molecule has 0 aliphatic carbocycles. The van der Waals surface area contributed by atoms with E-state index in [0.717, 1.165) is 15.8 Å². The average Bonchev–Trinajstić information content (AvgIpc) is 3.31. The van der Waals surface area contributed by atoms with Gasteiger partial charge in [-0.3, -0.25) is 18.7 Å².